The molecule has 8 nitrogen and oxygen atoms in total. The number of nitriles is 2. The van der Waals surface area contributed by atoms with E-state index in [2.05, 4.69) is 26.3 Å². The van der Waals surface area contributed by atoms with Crippen molar-refractivity contribution >= 4 is 23.2 Å². The minimum atomic E-state index is -3.34. The van der Waals surface area contributed by atoms with Crippen molar-refractivity contribution in [3.63, 3.8) is 0 Å². The second kappa shape index (κ2) is 8.19. The molecule has 0 radical (unpaired) electrons. The molecule has 3 aliphatic rings. The Morgan fingerprint density at radius 1 is 1.08 bits per heavy atom. The number of rotatable bonds is 7. The Bertz CT molecular complexity index is 1460. The van der Waals surface area contributed by atoms with Gasteiger partial charge in [0.1, 0.15) is 5.75 Å². The van der Waals surface area contributed by atoms with Crippen LogP contribution in [-0.4, -0.2) is 25.1 Å². The zero-order valence-corrected chi connectivity index (χ0v) is 19.2. The van der Waals surface area contributed by atoms with Crippen molar-refractivity contribution in [2.75, 3.05) is 5.32 Å². The lowest BCUT2D eigenvalue weighted by molar-refractivity contribution is -0.0665. The Labute approximate surface area is 202 Å². The molecule has 3 fully saturated rings. The standard InChI is InChI=1S/C24H19F4N7O/c1-12-6-14(4-3-5-29)7-13(2)16(12)36-20-15-18(31-19(17(25)26)35(15)21(27)28)32-22(33-20)34-24-8-23(9-24,10-24)11-30/h3-4,6-7,17,21H,8-10H2,1-2H3,(H,32,33,34)/b4-3+. The summed E-state index contributed by atoms with van der Waals surface area (Å²) in [7, 11) is 0. The van der Waals surface area contributed by atoms with E-state index >= 15 is 0 Å². The zero-order valence-electron chi connectivity index (χ0n) is 19.2. The van der Waals surface area contributed by atoms with Crippen LogP contribution < -0.4 is 10.1 Å². The van der Waals surface area contributed by atoms with Crippen molar-refractivity contribution in [1.82, 2.24) is 19.5 Å². The summed E-state index contributed by atoms with van der Waals surface area (Å²) in [6, 6.07) is 7.65. The molecular formula is C24H19F4N7O. The van der Waals surface area contributed by atoms with Crippen molar-refractivity contribution in [2.24, 2.45) is 5.41 Å². The second-order valence-electron chi connectivity index (χ2n) is 9.32. The molecule has 0 aliphatic heterocycles. The monoisotopic (exact) mass is 497 g/mol. The molecule has 0 unspecified atom stereocenters. The summed E-state index contributed by atoms with van der Waals surface area (Å²) >= 11 is 0. The van der Waals surface area contributed by atoms with E-state index in [9.17, 15) is 22.8 Å². The third kappa shape index (κ3) is 3.70. The van der Waals surface area contributed by atoms with Gasteiger partial charge in [0.15, 0.2) is 17.0 Å². The maximum atomic E-state index is 13.9. The number of nitrogens with zero attached hydrogens (tertiary/aromatic N) is 6. The third-order valence-corrected chi connectivity index (χ3v) is 6.61. The van der Waals surface area contributed by atoms with Crippen LogP contribution in [0.15, 0.2) is 18.2 Å². The maximum absolute atomic E-state index is 13.9. The summed E-state index contributed by atoms with van der Waals surface area (Å²) in [6.07, 6.45) is 1.38. The predicted molar refractivity (Wildman–Crippen MR) is 120 cm³/mol. The Morgan fingerprint density at radius 2 is 1.75 bits per heavy atom. The van der Waals surface area contributed by atoms with Crippen LogP contribution in [0.2, 0.25) is 0 Å². The van der Waals surface area contributed by atoms with Gasteiger partial charge in [-0.3, -0.25) is 4.57 Å². The lowest BCUT2D eigenvalue weighted by Crippen LogP contribution is -2.70. The molecule has 3 aliphatic carbocycles. The summed E-state index contributed by atoms with van der Waals surface area (Å²) in [5.74, 6) is -1.21. The number of anilines is 1. The Hall–Kier alpha value is -4.19. The Kier molecular flexibility index (Phi) is 5.36. The highest BCUT2D eigenvalue weighted by atomic mass is 19.3. The van der Waals surface area contributed by atoms with Gasteiger partial charge in [0.2, 0.25) is 5.95 Å². The number of benzene rings is 1. The zero-order chi connectivity index (χ0) is 25.8. The Morgan fingerprint density at radius 3 is 2.31 bits per heavy atom. The quantitative estimate of drug-likeness (QED) is 0.316. The largest absolute Gasteiger partial charge is 0.436 e. The van der Waals surface area contributed by atoms with Crippen LogP contribution in [0.4, 0.5) is 23.5 Å². The molecule has 12 heteroatoms. The van der Waals surface area contributed by atoms with E-state index in [-0.39, 0.29) is 27.5 Å². The summed E-state index contributed by atoms with van der Waals surface area (Å²) in [6.45, 7) is 0.112. The molecule has 0 atom stereocenters. The smallest absolute Gasteiger partial charge is 0.320 e. The second-order valence-corrected chi connectivity index (χ2v) is 9.32. The van der Waals surface area contributed by atoms with Gasteiger partial charge in [0.05, 0.1) is 17.6 Å². The molecule has 3 aromatic rings. The highest BCUT2D eigenvalue weighted by Gasteiger charge is 2.69. The van der Waals surface area contributed by atoms with Crippen molar-refractivity contribution in [1.29, 1.82) is 10.5 Å². The van der Waals surface area contributed by atoms with Crippen molar-refractivity contribution in [3.8, 4) is 23.8 Å². The van der Waals surface area contributed by atoms with Crippen LogP contribution in [0.5, 0.6) is 11.6 Å². The van der Waals surface area contributed by atoms with Gasteiger partial charge in [-0.1, -0.05) is 0 Å². The molecule has 184 valence electrons. The first-order valence-electron chi connectivity index (χ1n) is 11.0. The van der Waals surface area contributed by atoms with Crippen molar-refractivity contribution in [3.05, 3.63) is 40.7 Å². The molecule has 0 amide bonds. The lowest BCUT2D eigenvalue weighted by Gasteiger charge is -2.66. The molecule has 2 heterocycles. The molecule has 0 spiro atoms. The van der Waals surface area contributed by atoms with Gasteiger partial charge in [-0.2, -0.15) is 29.3 Å². The number of alkyl halides is 4. The number of aryl methyl sites for hydroxylation is 2. The van der Waals surface area contributed by atoms with Crippen LogP contribution in [0.25, 0.3) is 17.2 Å². The molecule has 2 aromatic heterocycles. The fourth-order valence-corrected chi connectivity index (χ4v) is 5.21. The van der Waals surface area contributed by atoms with E-state index in [1.165, 1.54) is 6.08 Å². The average molecular weight is 497 g/mol. The van der Waals surface area contributed by atoms with Crippen LogP contribution in [0.3, 0.4) is 0 Å². The van der Waals surface area contributed by atoms with Gasteiger partial charge in [-0.15, -0.1) is 0 Å². The SMILES string of the molecule is Cc1cc(/C=C/C#N)cc(C)c1Oc1nc(NC23CC(C#N)(C2)C3)nc2nc(C(F)F)n(C(F)F)c12. The van der Waals surface area contributed by atoms with Gasteiger partial charge >= 0.3 is 6.55 Å². The normalized spacial score (nSPS) is 22.4. The number of hydrogen-bond acceptors (Lipinski definition) is 7. The topological polar surface area (TPSA) is 112 Å². The molecule has 0 saturated heterocycles. The van der Waals surface area contributed by atoms with Crippen LogP contribution in [0, 0.1) is 41.9 Å². The van der Waals surface area contributed by atoms with Gasteiger partial charge in [0.25, 0.3) is 12.3 Å². The number of ether oxygens (including phenoxy) is 1. The predicted octanol–water partition coefficient (Wildman–Crippen LogP) is 5.96. The summed E-state index contributed by atoms with van der Waals surface area (Å²) in [4.78, 5) is 12.1. The first-order valence-corrected chi connectivity index (χ1v) is 11.0. The maximum Gasteiger partial charge on any atom is 0.320 e. The number of halogens is 4. The minimum Gasteiger partial charge on any atom is -0.436 e. The van der Waals surface area contributed by atoms with Gasteiger partial charge in [0, 0.05) is 11.6 Å². The number of imidazole rings is 1. The lowest BCUT2D eigenvalue weighted by atomic mass is 9.40. The minimum absolute atomic E-state index is 0.00708. The van der Waals surface area contributed by atoms with Gasteiger partial charge in [-0.25, -0.2) is 13.8 Å². The fraction of sp³-hybridized carbons (Fsp3) is 0.375. The van der Waals surface area contributed by atoms with Crippen molar-refractivity contribution in [2.45, 2.75) is 51.6 Å². The third-order valence-electron chi connectivity index (χ3n) is 6.61. The van der Waals surface area contributed by atoms with Crippen LogP contribution in [-0.2, 0) is 0 Å². The number of aromatic nitrogens is 4. The van der Waals surface area contributed by atoms with Crippen LogP contribution in [0.1, 0.15) is 54.8 Å². The van der Waals surface area contributed by atoms with Gasteiger partial charge < -0.3 is 10.1 Å². The summed E-state index contributed by atoms with van der Waals surface area (Å²) < 4.78 is 61.1. The average Bonchev–Trinajstić information content (AvgIpc) is 3.16. The van der Waals surface area contributed by atoms with Crippen molar-refractivity contribution < 1.29 is 22.3 Å². The molecule has 1 aromatic carbocycles. The molecule has 6 rings (SSSR count). The number of hydrogen-bond donors (Lipinski definition) is 1. The van der Waals surface area contributed by atoms with E-state index in [1.54, 1.807) is 32.1 Å². The van der Waals surface area contributed by atoms with Crippen LogP contribution >= 0.6 is 0 Å². The molecule has 2 bridgehead atoms. The first kappa shape index (κ1) is 23.5. The highest BCUT2D eigenvalue weighted by molar-refractivity contribution is 5.80. The summed E-state index contributed by atoms with van der Waals surface area (Å²) in [5.41, 5.74) is 0.363. The van der Waals surface area contributed by atoms with E-state index in [0.29, 0.717) is 36.1 Å². The highest BCUT2D eigenvalue weighted by Crippen LogP contribution is 2.67. The summed E-state index contributed by atoms with van der Waals surface area (Å²) in [5, 5.41) is 21.2. The molecule has 36 heavy (non-hydrogen) atoms. The number of allylic oxidation sites excluding steroid dienone is 1. The molecular weight excluding hydrogens is 478 g/mol. The Balaban J connectivity index is 1.61. The first-order chi connectivity index (χ1) is 17.1. The van der Waals surface area contributed by atoms with E-state index in [1.807, 2.05) is 6.07 Å². The fourth-order valence-electron chi connectivity index (χ4n) is 5.21. The van der Waals surface area contributed by atoms with E-state index < -0.39 is 29.9 Å². The van der Waals surface area contributed by atoms with E-state index in [4.69, 9.17) is 10.00 Å². The number of nitrogens with one attached hydrogen (secondary N) is 1. The molecule has 1 N–H and O–H groups in total. The molecule has 3 saturated carbocycles. The number of fused-ring (bicyclic) bond motifs is 1. The van der Waals surface area contributed by atoms with Gasteiger partial charge in [-0.05, 0) is 68.0 Å². The van der Waals surface area contributed by atoms with E-state index in [0.717, 1.165) is 5.56 Å².